The number of nitrogens with zero attached hydrogens (tertiary/aromatic N) is 2. The molecule has 0 radical (unpaired) electrons. The summed E-state index contributed by atoms with van der Waals surface area (Å²) in [6, 6.07) is 1.59. The lowest BCUT2D eigenvalue weighted by atomic mass is 10.3. The number of methoxy groups -OCH3 is 1. The molecule has 0 saturated heterocycles. The van der Waals surface area contributed by atoms with E-state index in [1.54, 1.807) is 19.9 Å². The van der Waals surface area contributed by atoms with E-state index in [-0.39, 0.29) is 11.8 Å². The normalized spacial score (nSPS) is 11.0. The molecule has 0 saturated carbocycles. The fraction of sp³-hybridized carbons (Fsp3) is 0.571. The van der Waals surface area contributed by atoms with E-state index in [9.17, 15) is 4.79 Å². The molecule has 0 spiro atoms. The summed E-state index contributed by atoms with van der Waals surface area (Å²) in [6.45, 7) is 3.56. The molecule has 0 aromatic heterocycles. The minimum Gasteiger partial charge on any atom is -0.464 e. The topological polar surface area (TPSA) is 62.5 Å². The van der Waals surface area contributed by atoms with E-state index in [0.717, 1.165) is 0 Å². The van der Waals surface area contributed by atoms with Gasteiger partial charge in [0.15, 0.2) is 0 Å². The summed E-state index contributed by atoms with van der Waals surface area (Å²) in [5, 5.41) is 8.39. The van der Waals surface area contributed by atoms with Crippen LogP contribution >= 0.6 is 0 Å². The van der Waals surface area contributed by atoms with Gasteiger partial charge in [-0.3, -0.25) is 4.99 Å². The van der Waals surface area contributed by atoms with Crippen LogP contribution in [0.1, 0.15) is 13.8 Å². The number of hydrogen-bond acceptors (Lipinski definition) is 4. The van der Waals surface area contributed by atoms with Crippen molar-refractivity contribution in [1.29, 1.82) is 5.26 Å². The third kappa shape index (κ3) is 3.36. The van der Waals surface area contributed by atoms with Gasteiger partial charge in [-0.1, -0.05) is 0 Å². The molecule has 0 bridgehead atoms. The SMILES string of the molecule is COC(=O)C(C#N)=NC(C)C. The number of ether oxygens (including phenoxy) is 1. The highest BCUT2D eigenvalue weighted by Crippen LogP contribution is 1.89. The first kappa shape index (κ1) is 9.63. The number of rotatable bonds is 2. The summed E-state index contributed by atoms with van der Waals surface area (Å²) >= 11 is 0. The minimum absolute atomic E-state index is 0.0660. The van der Waals surface area contributed by atoms with Gasteiger partial charge in [0.2, 0.25) is 5.71 Å². The number of hydrogen-bond donors (Lipinski definition) is 0. The number of nitriles is 1. The second kappa shape index (κ2) is 4.45. The van der Waals surface area contributed by atoms with Gasteiger partial charge in [-0.25, -0.2) is 4.79 Å². The summed E-state index contributed by atoms with van der Waals surface area (Å²) in [6.07, 6.45) is 0. The maximum Gasteiger partial charge on any atom is 0.367 e. The zero-order valence-corrected chi connectivity index (χ0v) is 6.79. The van der Waals surface area contributed by atoms with E-state index in [1.807, 2.05) is 0 Å². The van der Waals surface area contributed by atoms with Crippen LogP contribution in [0.5, 0.6) is 0 Å². The lowest BCUT2D eigenvalue weighted by molar-refractivity contribution is -0.132. The summed E-state index contributed by atoms with van der Waals surface area (Å²) in [7, 11) is 1.22. The van der Waals surface area contributed by atoms with Crippen LogP contribution in [0, 0.1) is 11.3 Å². The summed E-state index contributed by atoms with van der Waals surface area (Å²) in [5.74, 6) is -0.679. The van der Waals surface area contributed by atoms with Gasteiger partial charge in [0.25, 0.3) is 0 Å². The van der Waals surface area contributed by atoms with Crippen LogP contribution in [-0.4, -0.2) is 24.8 Å². The Morgan fingerprint density at radius 3 is 2.45 bits per heavy atom. The van der Waals surface area contributed by atoms with Gasteiger partial charge in [-0.15, -0.1) is 0 Å². The molecule has 0 rings (SSSR count). The Balaban J connectivity index is 4.43. The van der Waals surface area contributed by atoms with E-state index in [0.29, 0.717) is 0 Å². The van der Waals surface area contributed by atoms with Gasteiger partial charge >= 0.3 is 5.97 Å². The van der Waals surface area contributed by atoms with Gasteiger partial charge in [-0.2, -0.15) is 5.26 Å². The first-order valence-corrected chi connectivity index (χ1v) is 3.18. The highest BCUT2D eigenvalue weighted by Gasteiger charge is 2.10. The van der Waals surface area contributed by atoms with Crippen LogP contribution in [0.25, 0.3) is 0 Å². The lowest BCUT2D eigenvalue weighted by Crippen LogP contribution is -2.15. The summed E-state index contributed by atoms with van der Waals surface area (Å²) < 4.78 is 4.31. The Morgan fingerprint density at radius 1 is 1.64 bits per heavy atom. The Labute approximate surface area is 65.5 Å². The van der Waals surface area contributed by atoms with Crippen molar-refractivity contribution in [2.75, 3.05) is 7.11 Å². The quantitative estimate of drug-likeness (QED) is 0.430. The molecule has 11 heavy (non-hydrogen) atoms. The van der Waals surface area contributed by atoms with Crippen molar-refractivity contribution in [2.45, 2.75) is 19.9 Å². The average Bonchev–Trinajstić information content (AvgIpc) is 1.98. The lowest BCUT2D eigenvalue weighted by Gasteiger charge is -1.97. The number of aliphatic imine (C=N–C) groups is 1. The van der Waals surface area contributed by atoms with Crippen LogP contribution in [0.3, 0.4) is 0 Å². The molecule has 0 unspecified atom stereocenters. The zero-order valence-electron chi connectivity index (χ0n) is 6.79. The molecule has 0 aliphatic heterocycles. The van der Waals surface area contributed by atoms with Crippen LogP contribution in [-0.2, 0) is 9.53 Å². The Morgan fingerprint density at radius 2 is 2.18 bits per heavy atom. The predicted octanol–water partition coefficient (Wildman–Crippen LogP) is 0.532. The van der Waals surface area contributed by atoms with Crippen LogP contribution in [0.15, 0.2) is 4.99 Å². The molecule has 4 nitrogen and oxygen atoms in total. The fourth-order valence-electron chi connectivity index (χ4n) is 0.482. The molecular weight excluding hydrogens is 144 g/mol. The van der Waals surface area contributed by atoms with Crippen molar-refractivity contribution in [3.63, 3.8) is 0 Å². The standard InChI is InChI=1S/C7H10N2O2/c1-5(2)9-6(4-8)7(10)11-3/h5H,1-3H3. The van der Waals surface area contributed by atoms with E-state index in [2.05, 4.69) is 9.73 Å². The second-order valence-corrected chi connectivity index (χ2v) is 2.17. The Hall–Kier alpha value is -1.37. The van der Waals surface area contributed by atoms with Crippen molar-refractivity contribution in [3.8, 4) is 6.07 Å². The van der Waals surface area contributed by atoms with Crippen molar-refractivity contribution in [1.82, 2.24) is 0 Å². The van der Waals surface area contributed by atoms with E-state index >= 15 is 0 Å². The van der Waals surface area contributed by atoms with Crippen LogP contribution in [0.2, 0.25) is 0 Å². The third-order valence-corrected chi connectivity index (χ3v) is 0.872. The highest BCUT2D eigenvalue weighted by atomic mass is 16.5. The zero-order chi connectivity index (χ0) is 8.85. The maximum atomic E-state index is 10.7. The van der Waals surface area contributed by atoms with Crippen LogP contribution < -0.4 is 0 Å². The molecule has 60 valence electrons. The molecular formula is C7H10N2O2. The van der Waals surface area contributed by atoms with E-state index in [1.165, 1.54) is 7.11 Å². The summed E-state index contributed by atoms with van der Waals surface area (Å²) in [5.41, 5.74) is -0.178. The monoisotopic (exact) mass is 154 g/mol. The van der Waals surface area contributed by atoms with Gasteiger partial charge in [-0.05, 0) is 13.8 Å². The second-order valence-electron chi connectivity index (χ2n) is 2.17. The molecule has 0 fully saturated rings. The Bertz CT molecular complexity index is 213. The molecule has 0 atom stereocenters. The third-order valence-electron chi connectivity index (χ3n) is 0.872. The molecule has 0 aromatic rings. The molecule has 0 aliphatic carbocycles. The average molecular weight is 154 g/mol. The van der Waals surface area contributed by atoms with Gasteiger partial charge in [0, 0.05) is 6.04 Å². The highest BCUT2D eigenvalue weighted by molar-refractivity contribution is 6.43. The van der Waals surface area contributed by atoms with Gasteiger partial charge in [0.05, 0.1) is 7.11 Å². The molecule has 0 aliphatic rings. The van der Waals surface area contributed by atoms with E-state index in [4.69, 9.17) is 5.26 Å². The molecule has 0 heterocycles. The maximum absolute atomic E-state index is 10.7. The van der Waals surface area contributed by atoms with Gasteiger partial charge in [0.1, 0.15) is 6.07 Å². The molecule has 0 N–H and O–H groups in total. The van der Waals surface area contributed by atoms with E-state index < -0.39 is 5.97 Å². The van der Waals surface area contributed by atoms with Crippen molar-refractivity contribution >= 4 is 11.7 Å². The summed E-state index contributed by atoms with van der Waals surface area (Å²) in [4.78, 5) is 14.5. The first-order valence-electron chi connectivity index (χ1n) is 3.18. The van der Waals surface area contributed by atoms with Crippen molar-refractivity contribution < 1.29 is 9.53 Å². The molecule has 4 heteroatoms. The Kier molecular flexibility index (Phi) is 3.89. The van der Waals surface area contributed by atoms with Crippen LogP contribution in [0.4, 0.5) is 0 Å². The molecule has 0 amide bonds. The predicted molar refractivity (Wildman–Crippen MR) is 40.2 cm³/mol. The minimum atomic E-state index is -0.679. The largest absolute Gasteiger partial charge is 0.464 e. The fourth-order valence-corrected chi connectivity index (χ4v) is 0.482. The molecule has 0 aromatic carbocycles. The smallest absolute Gasteiger partial charge is 0.367 e. The van der Waals surface area contributed by atoms with Gasteiger partial charge < -0.3 is 4.74 Å². The number of esters is 1. The number of carbonyl (C=O) groups is 1. The van der Waals surface area contributed by atoms with Crippen molar-refractivity contribution in [3.05, 3.63) is 0 Å². The van der Waals surface area contributed by atoms with Crippen molar-refractivity contribution in [2.24, 2.45) is 4.99 Å². The first-order chi connectivity index (χ1) is 5.11. The number of carbonyl (C=O) groups excluding carboxylic acids is 1.